The topological polar surface area (TPSA) is 151 Å². The van der Waals surface area contributed by atoms with Gasteiger partial charge in [0.05, 0.1) is 61.8 Å². The van der Waals surface area contributed by atoms with Crippen molar-refractivity contribution in [3.8, 4) is 0 Å². The number of rotatable bonds is 14. The van der Waals surface area contributed by atoms with E-state index in [2.05, 4.69) is 30.2 Å². The molecule has 0 spiro atoms. The maximum absolute atomic E-state index is 14.0. The van der Waals surface area contributed by atoms with Crippen LogP contribution in [-0.2, 0) is 50.2 Å². The highest BCUT2D eigenvalue weighted by Crippen LogP contribution is 2.39. The normalized spacial score (nSPS) is 21.1. The summed E-state index contributed by atoms with van der Waals surface area (Å²) in [6.45, 7) is 6.26. The molecule has 0 radical (unpaired) electrons. The van der Waals surface area contributed by atoms with Crippen molar-refractivity contribution in [2.75, 3.05) is 58.8 Å². The Morgan fingerprint density at radius 3 is 2.07 bits per heavy atom. The molecular weight excluding hydrogens is 944 g/mol. The van der Waals surface area contributed by atoms with Gasteiger partial charge in [0.15, 0.2) is 0 Å². The van der Waals surface area contributed by atoms with Gasteiger partial charge in [0.2, 0.25) is 5.91 Å². The number of fused-ring (bicyclic) bond motifs is 1. The van der Waals surface area contributed by atoms with E-state index >= 15 is 0 Å². The largest absolute Gasteiger partial charge is 0.469 e. The Morgan fingerprint density at radius 2 is 1.41 bits per heavy atom. The highest BCUT2D eigenvalue weighted by molar-refractivity contribution is 7.12. The highest BCUT2D eigenvalue weighted by Gasteiger charge is 2.40. The van der Waals surface area contributed by atoms with Crippen LogP contribution in [0.2, 0.25) is 10.0 Å². The molecule has 18 heteroatoms. The van der Waals surface area contributed by atoms with Gasteiger partial charge in [-0.2, -0.15) is 0 Å². The number of amides is 2. The highest BCUT2D eigenvalue weighted by atomic mass is 35.5. The molecule has 2 N–H and O–H groups in total. The number of carbonyl (C=O) groups is 4. The first kappa shape index (κ1) is 50.0. The smallest absolute Gasteiger partial charge is 0.305 e. The summed E-state index contributed by atoms with van der Waals surface area (Å²) in [5.41, 5.74) is 2.46. The first-order chi connectivity index (χ1) is 33.0. The van der Waals surface area contributed by atoms with Crippen molar-refractivity contribution in [3.63, 3.8) is 0 Å². The molecule has 14 nitrogen and oxygen atoms in total. The quantitative estimate of drug-likeness (QED) is 0.103. The van der Waals surface area contributed by atoms with Crippen molar-refractivity contribution >= 4 is 86.2 Å². The van der Waals surface area contributed by atoms with Gasteiger partial charge in [0.1, 0.15) is 10.0 Å². The van der Waals surface area contributed by atoms with Crippen LogP contribution in [0.4, 0.5) is 5.69 Å². The second-order valence-corrected chi connectivity index (χ2v) is 21.3. The van der Waals surface area contributed by atoms with Crippen LogP contribution in [0.3, 0.4) is 0 Å². The van der Waals surface area contributed by atoms with Crippen molar-refractivity contribution in [1.29, 1.82) is 0 Å². The number of nitrogens with one attached hydrogen (secondary N) is 2. The number of esters is 2. The number of anilines is 1. The van der Waals surface area contributed by atoms with E-state index in [-0.39, 0.29) is 42.3 Å². The number of aromatic nitrogens is 3. The molecule has 4 fully saturated rings. The maximum Gasteiger partial charge on any atom is 0.305 e. The minimum absolute atomic E-state index is 0.0543. The number of para-hydroxylation sites is 1. The summed E-state index contributed by atoms with van der Waals surface area (Å²) in [6.07, 6.45) is 17.2. The number of ether oxygens (including phenoxy) is 2. The number of nitrogens with zero attached hydrogens (tertiary/aromatic N) is 6. The van der Waals surface area contributed by atoms with E-state index in [1.165, 1.54) is 75.7 Å². The van der Waals surface area contributed by atoms with Crippen molar-refractivity contribution in [3.05, 3.63) is 95.9 Å². The fraction of sp³-hybridized carbons (Fsp3) is 0.520. The van der Waals surface area contributed by atoms with Gasteiger partial charge in [0, 0.05) is 76.5 Å². The molecule has 2 amide bonds. The van der Waals surface area contributed by atoms with E-state index in [0.29, 0.717) is 64.8 Å². The summed E-state index contributed by atoms with van der Waals surface area (Å²) >= 11 is 16.7. The van der Waals surface area contributed by atoms with Gasteiger partial charge in [0.25, 0.3) is 5.91 Å². The fourth-order valence-corrected chi connectivity index (χ4v) is 12.5. The molecule has 5 aromatic rings. The molecule has 0 saturated carbocycles. The van der Waals surface area contributed by atoms with E-state index in [1.54, 1.807) is 41.0 Å². The number of piperidine rings is 2. The number of likely N-dealkylation sites (tertiary alicyclic amines) is 3. The molecule has 364 valence electrons. The zero-order chi connectivity index (χ0) is 47.7. The van der Waals surface area contributed by atoms with Crippen LogP contribution in [0.1, 0.15) is 112 Å². The molecule has 4 atom stereocenters. The minimum Gasteiger partial charge on any atom is -0.469 e. The Bertz CT molecular complexity index is 2550. The standard InChI is InChI=1S/C34H37Cl2N5O4S.C16H25N3O2S/c1-39-20-25(24-8-4-5-9-29(24)39)33(44)38-28-17-26(35)21(14-27(28)36)15-31(42)41-19-22(40-12-6-3-7-13-40)16-30(41)34-37-18-23(46-34)10-11-32(43)45-2;1-21-15(20)6-5-13-11-18-16(22-13)14-9-12(10-17-14)19-7-3-2-4-8-19/h4-5,8-9,14,17-18,20,22,30H,3,6-7,10-13,15-16,19H2,1-2H3,(H,38,44);11-12,14,17H,2-10H2,1H3/t22-,30-;12-,14-/m00/s1. The Labute approximate surface area is 416 Å². The van der Waals surface area contributed by atoms with Crippen LogP contribution in [0.15, 0.2) is 55.0 Å². The lowest BCUT2D eigenvalue weighted by molar-refractivity contribution is -0.141. The molecule has 7 heterocycles. The predicted molar refractivity (Wildman–Crippen MR) is 269 cm³/mol. The molecule has 0 aliphatic carbocycles. The van der Waals surface area contributed by atoms with Crippen LogP contribution in [0, 0.1) is 0 Å². The van der Waals surface area contributed by atoms with Crippen LogP contribution in [-0.4, -0.2) is 119 Å². The van der Waals surface area contributed by atoms with E-state index in [9.17, 15) is 19.2 Å². The lowest BCUT2D eigenvalue weighted by atomic mass is 10.1. The molecule has 3 aromatic heterocycles. The Balaban J connectivity index is 0.000000237. The van der Waals surface area contributed by atoms with Crippen molar-refractivity contribution < 1.29 is 28.7 Å². The lowest BCUT2D eigenvalue weighted by Crippen LogP contribution is -2.42. The second-order valence-electron chi connectivity index (χ2n) is 18.2. The number of hydrogen-bond acceptors (Lipinski definition) is 13. The Kier molecular flexibility index (Phi) is 17.2. The summed E-state index contributed by atoms with van der Waals surface area (Å²) in [6, 6.07) is 12.1. The number of halogens is 2. The zero-order valence-corrected chi connectivity index (χ0v) is 42.3. The lowest BCUT2D eigenvalue weighted by Gasteiger charge is -2.32. The van der Waals surface area contributed by atoms with E-state index in [4.69, 9.17) is 32.9 Å². The number of carbonyl (C=O) groups excluding carboxylic acids is 4. The Morgan fingerprint density at radius 1 is 0.794 bits per heavy atom. The molecule has 9 rings (SSSR count). The first-order valence-electron chi connectivity index (χ1n) is 23.8. The Hall–Kier alpha value is -4.42. The van der Waals surface area contributed by atoms with E-state index in [0.717, 1.165) is 59.7 Å². The average molecular weight is 1010 g/mol. The average Bonchev–Trinajstić information content (AvgIpc) is 4.23. The molecule has 68 heavy (non-hydrogen) atoms. The third-order valence-electron chi connectivity index (χ3n) is 13.7. The molecule has 4 aliphatic rings. The molecule has 4 saturated heterocycles. The predicted octanol–water partition coefficient (Wildman–Crippen LogP) is 8.81. The van der Waals surface area contributed by atoms with Crippen molar-refractivity contribution in [2.24, 2.45) is 7.05 Å². The minimum atomic E-state index is -0.295. The molecule has 2 aromatic carbocycles. The fourth-order valence-electron chi connectivity index (χ4n) is 9.98. The summed E-state index contributed by atoms with van der Waals surface area (Å²) in [5, 5.41) is 10.1. The molecule has 0 unspecified atom stereocenters. The van der Waals surface area contributed by atoms with Crippen LogP contribution >= 0.6 is 45.9 Å². The van der Waals surface area contributed by atoms with Gasteiger partial charge in [-0.25, -0.2) is 9.97 Å². The second kappa shape index (κ2) is 23.5. The van der Waals surface area contributed by atoms with Crippen LogP contribution in [0.5, 0.6) is 0 Å². The summed E-state index contributed by atoms with van der Waals surface area (Å²) in [7, 11) is 4.72. The zero-order valence-electron chi connectivity index (χ0n) is 39.1. The van der Waals surface area contributed by atoms with Gasteiger partial charge < -0.3 is 29.6 Å². The van der Waals surface area contributed by atoms with Gasteiger partial charge in [-0.3, -0.25) is 29.0 Å². The summed E-state index contributed by atoms with van der Waals surface area (Å²) in [5.74, 6) is -0.760. The number of methoxy groups -OCH3 is 2. The molecular formula is C50H62Cl2N8O6S2. The first-order valence-corrected chi connectivity index (χ1v) is 26.2. The van der Waals surface area contributed by atoms with Crippen LogP contribution < -0.4 is 10.6 Å². The van der Waals surface area contributed by atoms with E-state index in [1.807, 2.05) is 53.2 Å². The van der Waals surface area contributed by atoms with Gasteiger partial charge in [-0.1, -0.05) is 54.2 Å². The van der Waals surface area contributed by atoms with Crippen LogP contribution in [0.25, 0.3) is 10.9 Å². The third kappa shape index (κ3) is 12.3. The van der Waals surface area contributed by atoms with Crippen molar-refractivity contribution in [2.45, 2.75) is 108 Å². The van der Waals surface area contributed by atoms with Gasteiger partial charge >= 0.3 is 11.9 Å². The number of benzene rings is 2. The summed E-state index contributed by atoms with van der Waals surface area (Å²) in [4.78, 5) is 68.6. The number of thiazole rings is 2. The SMILES string of the molecule is COC(=O)CCc1cnc([C@@H]2C[C@H](N3CCCCC3)CN2)s1.COC(=O)CCc1cnc([C@@H]2C[C@H](N3CCCCC3)CN2C(=O)Cc2cc(Cl)c(NC(=O)c3cn(C)c4ccccc34)cc2Cl)s1. The number of hydrogen-bond donors (Lipinski definition) is 2. The summed E-state index contributed by atoms with van der Waals surface area (Å²) < 4.78 is 11.4. The molecule has 4 aliphatic heterocycles. The molecule has 0 bridgehead atoms. The van der Waals surface area contributed by atoms with Gasteiger partial charge in [-0.15, -0.1) is 22.7 Å². The van der Waals surface area contributed by atoms with Gasteiger partial charge in [-0.05, 0) is 101 Å². The van der Waals surface area contributed by atoms with E-state index < -0.39 is 0 Å². The third-order valence-corrected chi connectivity index (χ3v) is 16.7. The number of aryl methyl sites for hydroxylation is 3. The van der Waals surface area contributed by atoms with Crippen molar-refractivity contribution in [1.82, 2.24) is 34.6 Å². The monoisotopic (exact) mass is 1000 g/mol. The maximum atomic E-state index is 14.0.